The molecule has 0 radical (unpaired) electrons. The first-order valence-electron chi connectivity index (χ1n) is 6.32. The number of hydrazine groups is 1. The van der Waals surface area contributed by atoms with Crippen molar-refractivity contribution >= 4 is 11.8 Å². The van der Waals surface area contributed by atoms with Crippen molar-refractivity contribution < 1.29 is 9.90 Å². The highest BCUT2D eigenvalue weighted by Crippen LogP contribution is 2.31. The third-order valence-electron chi connectivity index (χ3n) is 3.45. The van der Waals surface area contributed by atoms with Crippen molar-refractivity contribution in [2.45, 2.75) is 26.2 Å². The predicted octanol–water partition coefficient (Wildman–Crippen LogP) is 1.81. The van der Waals surface area contributed by atoms with E-state index in [1.165, 1.54) is 0 Å². The fourth-order valence-electron chi connectivity index (χ4n) is 2.49. The standard InChI is InChI=1S/C13H19N3O2/c1-9-4-2-7-12(15-9)16-14-8-10-5-3-6-11(10)13(17)18/h2,4,7,10-11,14H,3,5-6,8H2,1H3,(H,15,16)(H,17,18). The van der Waals surface area contributed by atoms with Crippen LogP contribution in [0.3, 0.4) is 0 Å². The number of aromatic nitrogens is 1. The molecule has 0 saturated heterocycles. The third-order valence-corrected chi connectivity index (χ3v) is 3.45. The van der Waals surface area contributed by atoms with Gasteiger partial charge in [0.1, 0.15) is 5.82 Å². The number of pyridine rings is 1. The fraction of sp³-hybridized carbons (Fsp3) is 0.538. The van der Waals surface area contributed by atoms with Crippen LogP contribution in [-0.4, -0.2) is 22.6 Å². The Labute approximate surface area is 107 Å². The van der Waals surface area contributed by atoms with E-state index in [4.69, 9.17) is 5.11 Å². The smallest absolute Gasteiger partial charge is 0.306 e. The van der Waals surface area contributed by atoms with Crippen LogP contribution in [0, 0.1) is 18.8 Å². The van der Waals surface area contributed by atoms with Gasteiger partial charge < -0.3 is 10.5 Å². The van der Waals surface area contributed by atoms with Crippen molar-refractivity contribution in [2.75, 3.05) is 12.0 Å². The normalized spacial score (nSPS) is 22.9. The van der Waals surface area contributed by atoms with Crippen molar-refractivity contribution in [3.8, 4) is 0 Å². The topological polar surface area (TPSA) is 74.2 Å². The molecule has 1 aliphatic rings. The maximum atomic E-state index is 11.0. The van der Waals surface area contributed by atoms with Crippen LogP contribution >= 0.6 is 0 Å². The van der Waals surface area contributed by atoms with Crippen LogP contribution in [0.2, 0.25) is 0 Å². The molecule has 18 heavy (non-hydrogen) atoms. The zero-order valence-corrected chi connectivity index (χ0v) is 10.5. The Bertz CT molecular complexity index is 422. The minimum atomic E-state index is -0.673. The van der Waals surface area contributed by atoms with Crippen LogP contribution < -0.4 is 10.9 Å². The first-order chi connectivity index (χ1) is 8.66. The summed E-state index contributed by atoms with van der Waals surface area (Å²) in [6, 6.07) is 5.74. The van der Waals surface area contributed by atoms with Gasteiger partial charge in [-0.15, -0.1) is 0 Å². The minimum absolute atomic E-state index is 0.204. The molecular formula is C13H19N3O2. The Kier molecular flexibility index (Phi) is 4.15. The van der Waals surface area contributed by atoms with Gasteiger partial charge in [0.25, 0.3) is 0 Å². The average molecular weight is 249 g/mol. The van der Waals surface area contributed by atoms with Crippen LogP contribution in [0.4, 0.5) is 5.82 Å². The maximum Gasteiger partial charge on any atom is 0.306 e. The van der Waals surface area contributed by atoms with Crippen LogP contribution in [0.1, 0.15) is 25.0 Å². The van der Waals surface area contributed by atoms with E-state index in [2.05, 4.69) is 15.8 Å². The second kappa shape index (κ2) is 5.82. The molecule has 0 bridgehead atoms. The van der Waals surface area contributed by atoms with E-state index in [1.54, 1.807) is 0 Å². The van der Waals surface area contributed by atoms with Gasteiger partial charge in [0.2, 0.25) is 0 Å². The lowest BCUT2D eigenvalue weighted by Gasteiger charge is -2.17. The Hall–Kier alpha value is -1.62. The largest absolute Gasteiger partial charge is 0.481 e. The number of nitrogens with one attached hydrogen (secondary N) is 2. The molecule has 5 nitrogen and oxygen atoms in total. The van der Waals surface area contributed by atoms with Crippen molar-refractivity contribution in [1.82, 2.24) is 10.4 Å². The number of aliphatic carboxylic acids is 1. The molecule has 1 aromatic heterocycles. The third kappa shape index (κ3) is 3.20. The zero-order valence-electron chi connectivity index (χ0n) is 10.5. The summed E-state index contributed by atoms with van der Waals surface area (Å²) in [6.45, 7) is 2.59. The van der Waals surface area contributed by atoms with Gasteiger partial charge in [-0.2, -0.15) is 0 Å². The van der Waals surface area contributed by atoms with Gasteiger partial charge >= 0.3 is 5.97 Å². The molecule has 3 N–H and O–H groups in total. The number of aryl methyl sites for hydroxylation is 1. The highest BCUT2D eigenvalue weighted by molar-refractivity contribution is 5.70. The highest BCUT2D eigenvalue weighted by atomic mass is 16.4. The van der Waals surface area contributed by atoms with Crippen molar-refractivity contribution in [1.29, 1.82) is 0 Å². The molecule has 0 aliphatic heterocycles. The minimum Gasteiger partial charge on any atom is -0.481 e. The van der Waals surface area contributed by atoms with E-state index in [0.29, 0.717) is 6.54 Å². The maximum absolute atomic E-state index is 11.0. The van der Waals surface area contributed by atoms with Crippen molar-refractivity contribution in [2.24, 2.45) is 11.8 Å². The molecule has 0 aromatic carbocycles. The molecule has 2 rings (SSSR count). The summed E-state index contributed by atoms with van der Waals surface area (Å²) in [5.74, 6) is 0.0948. The Balaban J connectivity index is 1.80. The van der Waals surface area contributed by atoms with E-state index in [1.807, 2.05) is 25.1 Å². The SMILES string of the molecule is Cc1cccc(NNCC2CCCC2C(=O)O)n1. The summed E-state index contributed by atoms with van der Waals surface area (Å²) in [6.07, 6.45) is 2.78. The number of carboxylic acids is 1. The number of rotatable bonds is 5. The quantitative estimate of drug-likeness (QED) is 0.694. The van der Waals surface area contributed by atoms with Gasteiger partial charge in [-0.3, -0.25) is 4.79 Å². The predicted molar refractivity (Wildman–Crippen MR) is 69.1 cm³/mol. The Morgan fingerprint density at radius 1 is 1.50 bits per heavy atom. The van der Waals surface area contributed by atoms with Crippen LogP contribution in [0.25, 0.3) is 0 Å². The number of carbonyl (C=O) groups is 1. The summed E-state index contributed by atoms with van der Waals surface area (Å²) in [4.78, 5) is 15.3. The molecule has 2 unspecified atom stereocenters. The van der Waals surface area contributed by atoms with E-state index >= 15 is 0 Å². The summed E-state index contributed by atoms with van der Waals surface area (Å²) in [7, 11) is 0. The van der Waals surface area contributed by atoms with Crippen molar-refractivity contribution in [3.63, 3.8) is 0 Å². The second-order valence-electron chi connectivity index (χ2n) is 4.81. The highest BCUT2D eigenvalue weighted by Gasteiger charge is 2.32. The number of hydrogen-bond acceptors (Lipinski definition) is 4. The lowest BCUT2D eigenvalue weighted by Crippen LogP contribution is -2.32. The monoisotopic (exact) mass is 249 g/mol. The molecule has 98 valence electrons. The zero-order chi connectivity index (χ0) is 13.0. The molecule has 5 heteroatoms. The van der Waals surface area contributed by atoms with Gasteiger partial charge in [0.15, 0.2) is 0 Å². The van der Waals surface area contributed by atoms with Crippen LogP contribution in [0.5, 0.6) is 0 Å². The van der Waals surface area contributed by atoms with Gasteiger partial charge in [-0.25, -0.2) is 10.4 Å². The van der Waals surface area contributed by atoms with Crippen molar-refractivity contribution in [3.05, 3.63) is 23.9 Å². The average Bonchev–Trinajstić information content (AvgIpc) is 2.77. The van der Waals surface area contributed by atoms with E-state index < -0.39 is 5.97 Å². The summed E-state index contributed by atoms with van der Waals surface area (Å²) in [5.41, 5.74) is 7.05. The molecule has 0 spiro atoms. The molecule has 1 aromatic rings. The van der Waals surface area contributed by atoms with Gasteiger partial charge in [-0.05, 0) is 37.8 Å². The number of hydrogen-bond donors (Lipinski definition) is 3. The first-order valence-corrected chi connectivity index (χ1v) is 6.32. The first kappa shape index (κ1) is 12.8. The van der Waals surface area contributed by atoms with E-state index in [-0.39, 0.29) is 11.8 Å². The van der Waals surface area contributed by atoms with Gasteiger partial charge in [0.05, 0.1) is 5.92 Å². The van der Waals surface area contributed by atoms with Gasteiger partial charge in [0, 0.05) is 12.2 Å². The Morgan fingerprint density at radius 2 is 2.33 bits per heavy atom. The van der Waals surface area contributed by atoms with E-state index in [0.717, 1.165) is 30.8 Å². The number of carboxylic acid groups (broad SMARTS) is 1. The van der Waals surface area contributed by atoms with Crippen LogP contribution in [0.15, 0.2) is 18.2 Å². The summed E-state index contributed by atoms with van der Waals surface area (Å²) >= 11 is 0. The molecular weight excluding hydrogens is 230 g/mol. The molecule has 1 fully saturated rings. The Morgan fingerprint density at radius 3 is 3.06 bits per heavy atom. The fourth-order valence-corrected chi connectivity index (χ4v) is 2.49. The molecule has 1 heterocycles. The summed E-state index contributed by atoms with van der Waals surface area (Å²) in [5, 5.41) is 9.08. The second-order valence-corrected chi connectivity index (χ2v) is 4.81. The lowest BCUT2D eigenvalue weighted by atomic mass is 9.96. The molecule has 2 atom stereocenters. The number of nitrogens with zero attached hydrogens (tertiary/aromatic N) is 1. The lowest BCUT2D eigenvalue weighted by molar-refractivity contribution is -0.142. The van der Waals surface area contributed by atoms with E-state index in [9.17, 15) is 4.79 Å². The number of anilines is 1. The molecule has 0 amide bonds. The van der Waals surface area contributed by atoms with Crippen LogP contribution in [-0.2, 0) is 4.79 Å². The molecule has 1 saturated carbocycles. The summed E-state index contributed by atoms with van der Waals surface area (Å²) < 4.78 is 0. The van der Waals surface area contributed by atoms with Gasteiger partial charge in [-0.1, -0.05) is 12.5 Å². The molecule has 1 aliphatic carbocycles.